The molecule has 0 radical (unpaired) electrons. The van der Waals surface area contributed by atoms with Gasteiger partial charge in [0.1, 0.15) is 11.4 Å². The summed E-state index contributed by atoms with van der Waals surface area (Å²) in [6.07, 6.45) is 0. The number of esters is 1. The Morgan fingerprint density at radius 2 is 1.93 bits per heavy atom. The standard InChI is InChI=1S/C21H16FNO6/c1-28-21(27)12-4-2-11(3-5-12)17-16-18(25)14-10-13(22)6-7-15(14)29-19(16)20(26)23(17)8-9-24/h2-7,10,17,24H,8-9H2,1H3. The molecule has 2 aromatic carbocycles. The highest BCUT2D eigenvalue weighted by atomic mass is 19.1. The van der Waals surface area contributed by atoms with Gasteiger partial charge < -0.3 is 19.2 Å². The molecule has 1 aliphatic rings. The molecule has 1 aromatic heterocycles. The summed E-state index contributed by atoms with van der Waals surface area (Å²) in [5, 5.41) is 9.44. The quantitative estimate of drug-likeness (QED) is 0.679. The van der Waals surface area contributed by atoms with Crippen LogP contribution in [-0.2, 0) is 4.74 Å². The summed E-state index contributed by atoms with van der Waals surface area (Å²) in [4.78, 5) is 39.0. The van der Waals surface area contributed by atoms with E-state index in [2.05, 4.69) is 4.74 Å². The largest absolute Gasteiger partial charge is 0.465 e. The van der Waals surface area contributed by atoms with Crippen LogP contribution in [0.25, 0.3) is 11.0 Å². The molecule has 1 unspecified atom stereocenters. The Hall–Kier alpha value is -3.52. The van der Waals surface area contributed by atoms with Gasteiger partial charge in [0.15, 0.2) is 5.43 Å². The summed E-state index contributed by atoms with van der Waals surface area (Å²) >= 11 is 0. The fourth-order valence-electron chi connectivity index (χ4n) is 3.60. The van der Waals surface area contributed by atoms with Gasteiger partial charge in [-0.15, -0.1) is 0 Å². The minimum atomic E-state index is -0.833. The number of carbonyl (C=O) groups is 2. The highest BCUT2D eigenvalue weighted by Gasteiger charge is 2.42. The van der Waals surface area contributed by atoms with Gasteiger partial charge >= 0.3 is 5.97 Å². The van der Waals surface area contributed by atoms with Crippen LogP contribution < -0.4 is 5.43 Å². The molecule has 8 heteroatoms. The van der Waals surface area contributed by atoms with Gasteiger partial charge in [0.05, 0.1) is 36.3 Å². The van der Waals surface area contributed by atoms with Crippen molar-refractivity contribution < 1.29 is 28.2 Å². The predicted molar refractivity (Wildman–Crippen MR) is 100 cm³/mol. The number of aliphatic hydroxyl groups excluding tert-OH is 1. The molecule has 0 spiro atoms. The van der Waals surface area contributed by atoms with E-state index in [4.69, 9.17) is 4.42 Å². The predicted octanol–water partition coefficient (Wildman–Crippen LogP) is 2.26. The summed E-state index contributed by atoms with van der Waals surface area (Å²) in [5.74, 6) is -1.79. The van der Waals surface area contributed by atoms with Crippen molar-refractivity contribution in [3.63, 3.8) is 0 Å². The van der Waals surface area contributed by atoms with Gasteiger partial charge in [0, 0.05) is 6.54 Å². The second kappa shape index (κ2) is 7.14. The van der Waals surface area contributed by atoms with E-state index in [1.807, 2.05) is 0 Å². The molecule has 0 fully saturated rings. The summed E-state index contributed by atoms with van der Waals surface area (Å²) in [7, 11) is 1.26. The zero-order valence-corrected chi connectivity index (χ0v) is 15.3. The van der Waals surface area contributed by atoms with Crippen molar-refractivity contribution in [1.29, 1.82) is 0 Å². The lowest BCUT2D eigenvalue weighted by Crippen LogP contribution is -2.32. The van der Waals surface area contributed by atoms with Crippen molar-refractivity contribution in [2.75, 3.05) is 20.3 Å². The fourth-order valence-corrected chi connectivity index (χ4v) is 3.60. The highest BCUT2D eigenvalue weighted by Crippen LogP contribution is 2.38. The van der Waals surface area contributed by atoms with Crippen molar-refractivity contribution in [2.24, 2.45) is 0 Å². The lowest BCUT2D eigenvalue weighted by atomic mass is 9.97. The summed E-state index contributed by atoms with van der Waals surface area (Å²) < 4.78 is 24.0. The lowest BCUT2D eigenvalue weighted by molar-refractivity contribution is 0.0599. The first-order chi connectivity index (χ1) is 14.0. The second-order valence-electron chi connectivity index (χ2n) is 6.55. The number of hydrogen-bond donors (Lipinski definition) is 1. The molecule has 1 amide bonds. The molecule has 0 bridgehead atoms. The van der Waals surface area contributed by atoms with Crippen LogP contribution in [0.1, 0.15) is 38.1 Å². The molecule has 4 rings (SSSR count). The van der Waals surface area contributed by atoms with Crippen LogP contribution in [0, 0.1) is 5.82 Å². The van der Waals surface area contributed by atoms with E-state index < -0.39 is 29.2 Å². The monoisotopic (exact) mass is 397 g/mol. The van der Waals surface area contributed by atoms with Crippen molar-refractivity contribution >= 4 is 22.8 Å². The van der Waals surface area contributed by atoms with Crippen LogP contribution in [-0.4, -0.2) is 42.1 Å². The number of fused-ring (bicyclic) bond motifs is 2. The number of nitrogens with zero attached hydrogens (tertiary/aromatic N) is 1. The minimum Gasteiger partial charge on any atom is -0.465 e. The van der Waals surface area contributed by atoms with E-state index >= 15 is 0 Å². The molecule has 1 aliphatic heterocycles. The van der Waals surface area contributed by atoms with Gasteiger partial charge in [-0.1, -0.05) is 12.1 Å². The van der Waals surface area contributed by atoms with E-state index in [0.29, 0.717) is 11.1 Å². The summed E-state index contributed by atoms with van der Waals surface area (Å²) in [6.45, 7) is -0.352. The lowest BCUT2D eigenvalue weighted by Gasteiger charge is -2.24. The maximum absolute atomic E-state index is 13.7. The van der Waals surface area contributed by atoms with Crippen molar-refractivity contribution in [3.05, 3.63) is 81.0 Å². The van der Waals surface area contributed by atoms with E-state index in [-0.39, 0.29) is 35.4 Å². The Bertz CT molecular complexity index is 1180. The molecule has 29 heavy (non-hydrogen) atoms. The second-order valence-corrected chi connectivity index (χ2v) is 6.55. The molecule has 1 atom stereocenters. The molecule has 1 N–H and O–H groups in total. The van der Waals surface area contributed by atoms with Crippen LogP contribution >= 0.6 is 0 Å². The number of aliphatic hydroxyl groups is 1. The zero-order valence-electron chi connectivity index (χ0n) is 15.3. The van der Waals surface area contributed by atoms with E-state index in [9.17, 15) is 23.9 Å². The summed E-state index contributed by atoms with van der Waals surface area (Å²) in [6, 6.07) is 8.91. The van der Waals surface area contributed by atoms with Gasteiger partial charge in [-0.05, 0) is 35.9 Å². The molecule has 3 aromatic rings. The van der Waals surface area contributed by atoms with Gasteiger partial charge in [0.25, 0.3) is 5.91 Å². The Morgan fingerprint density at radius 1 is 1.21 bits per heavy atom. The average Bonchev–Trinajstić information content (AvgIpc) is 3.01. The van der Waals surface area contributed by atoms with E-state index in [1.54, 1.807) is 12.1 Å². The third-order valence-corrected chi connectivity index (χ3v) is 4.92. The number of methoxy groups -OCH3 is 1. The summed E-state index contributed by atoms with van der Waals surface area (Å²) in [5.41, 5.74) is 0.515. The molecule has 0 saturated carbocycles. The third kappa shape index (κ3) is 2.98. The maximum atomic E-state index is 13.7. The van der Waals surface area contributed by atoms with Crippen molar-refractivity contribution in [3.8, 4) is 0 Å². The normalized spacial score (nSPS) is 15.6. The molecule has 7 nitrogen and oxygen atoms in total. The molecule has 148 valence electrons. The molecular formula is C21H16FNO6. The zero-order chi connectivity index (χ0) is 20.7. The fraction of sp³-hybridized carbons (Fsp3) is 0.190. The first-order valence-electron chi connectivity index (χ1n) is 8.82. The smallest absolute Gasteiger partial charge is 0.337 e. The van der Waals surface area contributed by atoms with Crippen LogP contribution in [0.15, 0.2) is 51.7 Å². The molecular weight excluding hydrogens is 381 g/mol. The van der Waals surface area contributed by atoms with Gasteiger partial charge in [-0.2, -0.15) is 0 Å². The van der Waals surface area contributed by atoms with Crippen LogP contribution in [0.5, 0.6) is 0 Å². The Balaban J connectivity index is 1.92. The first kappa shape index (κ1) is 18.8. The van der Waals surface area contributed by atoms with Crippen molar-refractivity contribution in [1.82, 2.24) is 4.90 Å². The number of rotatable bonds is 4. The van der Waals surface area contributed by atoms with E-state index in [1.165, 1.54) is 30.2 Å². The van der Waals surface area contributed by atoms with E-state index in [0.717, 1.165) is 12.1 Å². The number of ether oxygens (including phenoxy) is 1. The molecule has 0 saturated heterocycles. The van der Waals surface area contributed by atoms with Gasteiger partial charge in [0.2, 0.25) is 5.76 Å². The topological polar surface area (TPSA) is 97.0 Å². The maximum Gasteiger partial charge on any atom is 0.337 e. The molecule has 0 aliphatic carbocycles. The number of hydrogen-bond acceptors (Lipinski definition) is 6. The van der Waals surface area contributed by atoms with Crippen LogP contribution in [0.2, 0.25) is 0 Å². The number of amides is 1. The average molecular weight is 397 g/mol. The Kier molecular flexibility index (Phi) is 4.63. The first-order valence-corrected chi connectivity index (χ1v) is 8.82. The number of β-amino-alcohol motifs (C(OH)–C–C–N with tert-alkyl or cyclic N) is 1. The third-order valence-electron chi connectivity index (χ3n) is 4.92. The molecule has 2 heterocycles. The Morgan fingerprint density at radius 3 is 2.59 bits per heavy atom. The number of halogens is 1. The van der Waals surface area contributed by atoms with Crippen molar-refractivity contribution in [2.45, 2.75) is 6.04 Å². The van der Waals surface area contributed by atoms with Gasteiger partial charge in [-0.25, -0.2) is 9.18 Å². The highest BCUT2D eigenvalue weighted by molar-refractivity contribution is 5.99. The van der Waals surface area contributed by atoms with Gasteiger partial charge in [-0.3, -0.25) is 9.59 Å². The van der Waals surface area contributed by atoms with Crippen LogP contribution in [0.3, 0.4) is 0 Å². The number of carbonyl (C=O) groups excluding carboxylic acids is 2. The minimum absolute atomic E-state index is 0.0265. The van der Waals surface area contributed by atoms with Crippen LogP contribution in [0.4, 0.5) is 4.39 Å². The Labute approximate surface area is 163 Å². The number of benzene rings is 2. The SMILES string of the molecule is COC(=O)c1ccc(C2c3c(oc4ccc(F)cc4c3=O)C(=O)N2CCO)cc1.